The van der Waals surface area contributed by atoms with Gasteiger partial charge in [0.2, 0.25) is 5.91 Å². The summed E-state index contributed by atoms with van der Waals surface area (Å²) in [6.45, 7) is -0.0359. The van der Waals surface area contributed by atoms with Crippen LogP contribution in [0.15, 0.2) is 22.6 Å². The minimum atomic E-state index is -3.04. The molecule has 124 valence electrons. The molecule has 0 radical (unpaired) electrons. The van der Waals surface area contributed by atoms with Crippen molar-refractivity contribution in [3.05, 3.63) is 24.0 Å². The quantitative estimate of drug-likeness (QED) is 0.880. The second kappa shape index (κ2) is 5.80. The molecule has 1 saturated heterocycles. The van der Waals surface area contributed by atoms with Gasteiger partial charge in [-0.2, -0.15) is 4.98 Å². The fraction of sp³-hybridized carbons (Fsp3) is 0.429. The number of rotatable bonds is 4. The van der Waals surface area contributed by atoms with E-state index < -0.39 is 15.7 Å². The van der Waals surface area contributed by atoms with E-state index in [-0.39, 0.29) is 36.0 Å². The first-order chi connectivity index (χ1) is 10.8. The van der Waals surface area contributed by atoms with Gasteiger partial charge in [0.15, 0.2) is 15.4 Å². The van der Waals surface area contributed by atoms with Gasteiger partial charge < -0.3 is 14.6 Å². The van der Waals surface area contributed by atoms with Crippen LogP contribution in [0.5, 0.6) is 0 Å². The molecule has 1 amide bonds. The van der Waals surface area contributed by atoms with Crippen molar-refractivity contribution in [1.29, 1.82) is 0 Å². The molecule has 23 heavy (non-hydrogen) atoms. The third-order valence-electron chi connectivity index (χ3n) is 3.64. The molecular weight excluding hydrogens is 325 g/mol. The Labute approximate surface area is 132 Å². The summed E-state index contributed by atoms with van der Waals surface area (Å²) in [6.07, 6.45) is 0.431. The molecule has 9 heteroatoms. The molecule has 1 fully saturated rings. The molecule has 1 atom stereocenters. The van der Waals surface area contributed by atoms with Crippen LogP contribution in [0, 0.1) is 5.82 Å². The van der Waals surface area contributed by atoms with Crippen molar-refractivity contribution in [2.24, 2.45) is 0 Å². The molecule has 1 aromatic carbocycles. The van der Waals surface area contributed by atoms with Gasteiger partial charge in [-0.1, -0.05) is 0 Å². The van der Waals surface area contributed by atoms with Gasteiger partial charge in [0.1, 0.15) is 17.9 Å². The lowest BCUT2D eigenvalue weighted by atomic mass is 10.2. The summed E-state index contributed by atoms with van der Waals surface area (Å²) in [6, 6.07) is 3.85. The maximum atomic E-state index is 13.1. The average Bonchev–Trinajstić information content (AvgIpc) is 3.01. The molecule has 1 unspecified atom stereocenters. The van der Waals surface area contributed by atoms with E-state index in [1.807, 2.05) is 0 Å². The van der Waals surface area contributed by atoms with Crippen LogP contribution in [0.25, 0.3) is 11.1 Å². The van der Waals surface area contributed by atoms with Crippen LogP contribution >= 0.6 is 0 Å². The first-order valence-corrected chi connectivity index (χ1v) is 8.91. The van der Waals surface area contributed by atoms with Gasteiger partial charge in [-0.15, -0.1) is 0 Å². The zero-order valence-corrected chi connectivity index (χ0v) is 13.3. The zero-order valence-electron chi connectivity index (χ0n) is 12.5. The molecule has 1 aliphatic rings. The number of carbonyl (C=O) groups excluding carboxylic acids is 1. The molecule has 0 saturated carbocycles. The van der Waals surface area contributed by atoms with Crippen LogP contribution in [-0.4, -0.2) is 50.4 Å². The van der Waals surface area contributed by atoms with E-state index in [0.717, 1.165) is 0 Å². The minimum absolute atomic E-state index is 0.0232. The van der Waals surface area contributed by atoms with Crippen molar-refractivity contribution in [3.8, 4) is 0 Å². The molecule has 1 aliphatic heterocycles. The minimum Gasteiger partial charge on any atom is -0.423 e. The first kappa shape index (κ1) is 15.7. The van der Waals surface area contributed by atoms with E-state index in [9.17, 15) is 17.6 Å². The molecule has 3 rings (SSSR count). The van der Waals surface area contributed by atoms with Crippen molar-refractivity contribution >= 4 is 32.9 Å². The number of hydrogen-bond donors (Lipinski definition) is 1. The van der Waals surface area contributed by atoms with Crippen LogP contribution < -0.4 is 10.2 Å². The van der Waals surface area contributed by atoms with Crippen LogP contribution in [0.4, 0.5) is 10.4 Å². The van der Waals surface area contributed by atoms with Gasteiger partial charge in [0.05, 0.1) is 11.5 Å². The third-order valence-corrected chi connectivity index (χ3v) is 5.41. The number of benzene rings is 1. The normalized spacial score (nSPS) is 19.8. The Hall–Kier alpha value is -2.16. The molecule has 1 aromatic heterocycles. The van der Waals surface area contributed by atoms with Crippen molar-refractivity contribution in [3.63, 3.8) is 0 Å². The maximum absolute atomic E-state index is 13.1. The standard InChI is InChI=1S/C14H16FN3O4S/c1-18(7-13(19)16-10-4-5-23(20,21)8-10)14-17-11-3-2-9(15)6-12(11)22-14/h2-3,6,10H,4-5,7-8H2,1H3,(H,16,19). The van der Waals surface area contributed by atoms with Crippen LogP contribution in [0.3, 0.4) is 0 Å². The molecule has 0 spiro atoms. The van der Waals surface area contributed by atoms with Crippen molar-refractivity contribution in [1.82, 2.24) is 10.3 Å². The summed E-state index contributed by atoms with van der Waals surface area (Å²) < 4.78 is 41.3. The van der Waals surface area contributed by atoms with E-state index >= 15 is 0 Å². The lowest BCUT2D eigenvalue weighted by Gasteiger charge is -2.16. The molecule has 7 nitrogen and oxygen atoms in total. The number of oxazole rings is 1. The van der Waals surface area contributed by atoms with Gasteiger partial charge >= 0.3 is 0 Å². The number of hydrogen-bond acceptors (Lipinski definition) is 6. The van der Waals surface area contributed by atoms with E-state index in [4.69, 9.17) is 4.42 Å². The largest absolute Gasteiger partial charge is 0.423 e. The maximum Gasteiger partial charge on any atom is 0.298 e. The number of anilines is 1. The summed E-state index contributed by atoms with van der Waals surface area (Å²) >= 11 is 0. The van der Waals surface area contributed by atoms with Crippen LogP contribution in [-0.2, 0) is 14.6 Å². The summed E-state index contributed by atoms with van der Waals surface area (Å²) in [5.74, 6) is -0.666. The number of amides is 1. The predicted molar refractivity (Wildman–Crippen MR) is 82.4 cm³/mol. The van der Waals surface area contributed by atoms with Crippen LogP contribution in [0.1, 0.15) is 6.42 Å². The highest BCUT2D eigenvalue weighted by Crippen LogP contribution is 2.21. The Morgan fingerprint density at radius 2 is 2.30 bits per heavy atom. The molecule has 2 heterocycles. The highest BCUT2D eigenvalue weighted by molar-refractivity contribution is 7.91. The fourth-order valence-corrected chi connectivity index (χ4v) is 4.19. The van der Waals surface area contributed by atoms with E-state index in [1.54, 1.807) is 7.05 Å². The van der Waals surface area contributed by atoms with E-state index in [0.29, 0.717) is 17.5 Å². The number of sulfone groups is 1. The second-order valence-electron chi connectivity index (χ2n) is 5.63. The number of aromatic nitrogens is 1. The molecule has 0 aliphatic carbocycles. The molecule has 1 N–H and O–H groups in total. The monoisotopic (exact) mass is 341 g/mol. The van der Waals surface area contributed by atoms with Gasteiger partial charge in [-0.25, -0.2) is 12.8 Å². The number of halogens is 1. The summed E-state index contributed by atoms with van der Waals surface area (Å²) in [4.78, 5) is 17.6. The van der Waals surface area contributed by atoms with E-state index in [2.05, 4.69) is 10.3 Å². The fourth-order valence-electron chi connectivity index (χ4n) is 2.51. The van der Waals surface area contributed by atoms with Gasteiger partial charge in [-0.05, 0) is 18.6 Å². The van der Waals surface area contributed by atoms with Gasteiger partial charge in [-0.3, -0.25) is 4.79 Å². The Bertz CT molecular complexity index is 849. The zero-order chi connectivity index (χ0) is 16.6. The molecular formula is C14H16FN3O4S. The SMILES string of the molecule is CN(CC(=O)NC1CCS(=O)(=O)C1)c1nc2ccc(F)cc2o1. The van der Waals surface area contributed by atoms with Gasteiger partial charge in [0.25, 0.3) is 6.01 Å². The highest BCUT2D eigenvalue weighted by Gasteiger charge is 2.29. The highest BCUT2D eigenvalue weighted by atomic mass is 32.2. The number of fused-ring (bicyclic) bond motifs is 1. The lowest BCUT2D eigenvalue weighted by Crippen LogP contribution is -2.41. The third kappa shape index (κ3) is 3.61. The Kier molecular flexibility index (Phi) is 3.97. The smallest absolute Gasteiger partial charge is 0.298 e. The molecule has 0 bridgehead atoms. The van der Waals surface area contributed by atoms with E-state index in [1.165, 1.54) is 23.1 Å². The van der Waals surface area contributed by atoms with Crippen molar-refractivity contribution in [2.75, 3.05) is 30.0 Å². The second-order valence-corrected chi connectivity index (χ2v) is 7.86. The van der Waals surface area contributed by atoms with Crippen molar-refractivity contribution in [2.45, 2.75) is 12.5 Å². The lowest BCUT2D eigenvalue weighted by molar-refractivity contribution is -0.120. The average molecular weight is 341 g/mol. The first-order valence-electron chi connectivity index (χ1n) is 7.09. The summed E-state index contributed by atoms with van der Waals surface area (Å²) in [5, 5.41) is 2.69. The topological polar surface area (TPSA) is 92.5 Å². The predicted octanol–water partition coefficient (Wildman–Crippen LogP) is 0.706. The van der Waals surface area contributed by atoms with Gasteiger partial charge in [0, 0.05) is 19.2 Å². The Morgan fingerprint density at radius 3 is 3.00 bits per heavy atom. The number of likely N-dealkylation sites (N-methyl/N-ethyl adjacent to an activating group) is 1. The Morgan fingerprint density at radius 1 is 1.52 bits per heavy atom. The number of carbonyl (C=O) groups is 1. The summed E-state index contributed by atoms with van der Waals surface area (Å²) in [7, 11) is -1.42. The summed E-state index contributed by atoms with van der Waals surface area (Å²) in [5.41, 5.74) is 0.796. The number of nitrogens with zero attached hydrogens (tertiary/aromatic N) is 2. The van der Waals surface area contributed by atoms with Crippen LogP contribution in [0.2, 0.25) is 0 Å². The van der Waals surface area contributed by atoms with Crippen molar-refractivity contribution < 1.29 is 22.0 Å². The number of nitrogens with one attached hydrogen (secondary N) is 1. The molecule has 2 aromatic rings. The Balaban J connectivity index is 1.63.